The summed E-state index contributed by atoms with van der Waals surface area (Å²) >= 11 is 0. The lowest BCUT2D eigenvalue weighted by molar-refractivity contribution is -0.136. The molecule has 0 amide bonds. The highest BCUT2D eigenvalue weighted by Gasteiger charge is 2.38. The van der Waals surface area contributed by atoms with E-state index in [1.165, 1.54) is 18.2 Å². The van der Waals surface area contributed by atoms with Gasteiger partial charge in [-0.05, 0) is 60.0 Å². The number of benzene rings is 3. The molecule has 0 bridgehead atoms. The molecular formula is C31H24F3N3O. The van der Waals surface area contributed by atoms with Crippen molar-refractivity contribution in [2.24, 2.45) is 0 Å². The summed E-state index contributed by atoms with van der Waals surface area (Å²) in [5.41, 5.74) is 4.30. The third kappa shape index (κ3) is 3.69. The highest BCUT2D eigenvalue weighted by molar-refractivity contribution is 5.91. The second-order valence-electron chi connectivity index (χ2n) is 10.1. The van der Waals surface area contributed by atoms with Crippen molar-refractivity contribution in [1.82, 2.24) is 9.97 Å². The Labute approximate surface area is 218 Å². The van der Waals surface area contributed by atoms with Crippen LogP contribution >= 0.6 is 0 Å². The standard InChI is InChI=1S/C31H24F3N3O/c1-18-13-14-35-28(15-18)37-25-9-5-4-8-21(25)30(2,3)22-12-11-19(16-26(22)37)24-17-23(31(32,33)34)20-7-6-10-27(38)29(20)36-24/h4-17,38H,1-3H3. The number of hydrogen-bond acceptors (Lipinski definition) is 4. The Hall–Kier alpha value is -4.39. The molecule has 3 heterocycles. The smallest absolute Gasteiger partial charge is 0.417 e. The van der Waals surface area contributed by atoms with Crippen LogP contribution in [0.4, 0.5) is 30.4 Å². The Morgan fingerprint density at radius 1 is 0.842 bits per heavy atom. The third-order valence-electron chi connectivity index (χ3n) is 7.28. The number of fused-ring (bicyclic) bond motifs is 3. The van der Waals surface area contributed by atoms with E-state index in [0.717, 1.165) is 34.1 Å². The van der Waals surface area contributed by atoms with E-state index in [1.54, 1.807) is 12.3 Å². The lowest BCUT2D eigenvalue weighted by atomic mass is 9.73. The number of alkyl halides is 3. The van der Waals surface area contributed by atoms with Crippen LogP contribution in [0.25, 0.3) is 22.2 Å². The van der Waals surface area contributed by atoms with Crippen molar-refractivity contribution < 1.29 is 18.3 Å². The fourth-order valence-electron chi connectivity index (χ4n) is 5.38. The summed E-state index contributed by atoms with van der Waals surface area (Å²) in [7, 11) is 0. The molecule has 1 aliphatic heterocycles. The minimum atomic E-state index is -4.61. The normalized spacial score (nSPS) is 14.3. The van der Waals surface area contributed by atoms with Crippen LogP contribution < -0.4 is 4.90 Å². The Kier molecular flexibility index (Phi) is 5.24. The molecule has 0 unspecified atom stereocenters. The summed E-state index contributed by atoms with van der Waals surface area (Å²) in [5.74, 6) is 0.417. The molecule has 4 nitrogen and oxygen atoms in total. The van der Waals surface area contributed by atoms with Crippen molar-refractivity contribution >= 4 is 28.1 Å². The van der Waals surface area contributed by atoms with E-state index in [2.05, 4.69) is 34.8 Å². The van der Waals surface area contributed by atoms with Gasteiger partial charge in [-0.1, -0.05) is 56.3 Å². The Bertz CT molecular complexity index is 1730. The van der Waals surface area contributed by atoms with Crippen LogP contribution in [-0.4, -0.2) is 15.1 Å². The molecule has 0 saturated carbocycles. The number of para-hydroxylation sites is 2. The molecule has 3 aromatic carbocycles. The van der Waals surface area contributed by atoms with Crippen molar-refractivity contribution in [3.05, 3.63) is 107 Å². The minimum absolute atomic E-state index is 0.0853. The van der Waals surface area contributed by atoms with E-state index < -0.39 is 11.7 Å². The summed E-state index contributed by atoms with van der Waals surface area (Å²) in [4.78, 5) is 11.2. The molecule has 1 aliphatic rings. The first-order chi connectivity index (χ1) is 18.1. The van der Waals surface area contributed by atoms with Gasteiger partial charge < -0.3 is 5.11 Å². The van der Waals surface area contributed by atoms with Gasteiger partial charge in [-0.2, -0.15) is 13.2 Å². The van der Waals surface area contributed by atoms with Crippen molar-refractivity contribution in [3.63, 3.8) is 0 Å². The van der Waals surface area contributed by atoms with E-state index in [4.69, 9.17) is 0 Å². The van der Waals surface area contributed by atoms with Crippen molar-refractivity contribution in [2.75, 3.05) is 4.90 Å². The zero-order chi connectivity index (χ0) is 26.8. The van der Waals surface area contributed by atoms with Gasteiger partial charge in [0.25, 0.3) is 0 Å². The first-order valence-electron chi connectivity index (χ1n) is 12.2. The monoisotopic (exact) mass is 511 g/mol. The molecule has 0 radical (unpaired) electrons. The highest BCUT2D eigenvalue weighted by Crippen LogP contribution is 2.52. The molecule has 1 N–H and O–H groups in total. The number of rotatable bonds is 2. The Morgan fingerprint density at radius 2 is 1.61 bits per heavy atom. The highest BCUT2D eigenvalue weighted by atomic mass is 19.4. The molecule has 2 aromatic heterocycles. The molecule has 0 atom stereocenters. The molecule has 0 fully saturated rings. The molecule has 0 spiro atoms. The van der Waals surface area contributed by atoms with Gasteiger partial charge in [0.2, 0.25) is 0 Å². The summed E-state index contributed by atoms with van der Waals surface area (Å²) < 4.78 is 42.2. The third-order valence-corrected chi connectivity index (χ3v) is 7.28. The lowest BCUT2D eigenvalue weighted by Gasteiger charge is -2.41. The average Bonchev–Trinajstić information content (AvgIpc) is 2.88. The van der Waals surface area contributed by atoms with E-state index in [1.807, 2.05) is 49.4 Å². The van der Waals surface area contributed by atoms with Gasteiger partial charge in [-0.25, -0.2) is 9.97 Å². The zero-order valence-electron chi connectivity index (χ0n) is 21.0. The summed E-state index contributed by atoms with van der Waals surface area (Å²) in [5, 5.41) is 10.2. The van der Waals surface area contributed by atoms with Crippen molar-refractivity contribution in [1.29, 1.82) is 0 Å². The molecule has 190 valence electrons. The van der Waals surface area contributed by atoms with Crippen molar-refractivity contribution in [3.8, 4) is 17.0 Å². The average molecular weight is 512 g/mol. The van der Waals surface area contributed by atoms with Gasteiger partial charge in [-0.3, -0.25) is 4.90 Å². The van der Waals surface area contributed by atoms with Gasteiger partial charge in [0.1, 0.15) is 17.1 Å². The Balaban J connectivity index is 1.63. The van der Waals surface area contributed by atoms with Gasteiger partial charge >= 0.3 is 6.18 Å². The van der Waals surface area contributed by atoms with Crippen LogP contribution in [-0.2, 0) is 11.6 Å². The van der Waals surface area contributed by atoms with Crippen molar-refractivity contribution in [2.45, 2.75) is 32.4 Å². The number of aryl methyl sites for hydroxylation is 1. The Morgan fingerprint density at radius 3 is 2.37 bits per heavy atom. The van der Waals surface area contributed by atoms with Crippen LogP contribution in [0.15, 0.2) is 85.1 Å². The van der Waals surface area contributed by atoms with Gasteiger partial charge in [-0.15, -0.1) is 0 Å². The molecule has 0 aliphatic carbocycles. The maximum absolute atomic E-state index is 14.1. The van der Waals surface area contributed by atoms with Crippen LogP contribution in [0.2, 0.25) is 0 Å². The van der Waals surface area contributed by atoms with Gasteiger partial charge in [0, 0.05) is 22.6 Å². The summed E-state index contributed by atoms with van der Waals surface area (Å²) in [6.45, 7) is 6.27. The van der Waals surface area contributed by atoms with E-state index in [-0.39, 0.29) is 27.8 Å². The lowest BCUT2D eigenvalue weighted by Crippen LogP contribution is -2.31. The largest absolute Gasteiger partial charge is 0.506 e. The maximum Gasteiger partial charge on any atom is 0.417 e. The van der Waals surface area contributed by atoms with Crippen LogP contribution in [0.5, 0.6) is 5.75 Å². The number of phenols is 1. The van der Waals surface area contributed by atoms with Gasteiger partial charge in [0.15, 0.2) is 0 Å². The topological polar surface area (TPSA) is 49.2 Å². The minimum Gasteiger partial charge on any atom is -0.506 e. The number of aromatic nitrogens is 2. The van der Waals surface area contributed by atoms with Crippen LogP contribution in [0.3, 0.4) is 0 Å². The molecule has 38 heavy (non-hydrogen) atoms. The number of nitrogens with zero attached hydrogens (tertiary/aromatic N) is 3. The van der Waals surface area contributed by atoms with E-state index in [0.29, 0.717) is 11.4 Å². The summed E-state index contributed by atoms with van der Waals surface area (Å²) in [6, 6.07) is 22.7. The first-order valence-corrected chi connectivity index (χ1v) is 12.2. The number of halogens is 3. The van der Waals surface area contributed by atoms with Crippen LogP contribution in [0, 0.1) is 6.92 Å². The van der Waals surface area contributed by atoms with Gasteiger partial charge in [0.05, 0.1) is 22.6 Å². The predicted molar refractivity (Wildman–Crippen MR) is 143 cm³/mol. The molecule has 7 heteroatoms. The fourth-order valence-corrected chi connectivity index (χ4v) is 5.38. The molecule has 0 saturated heterocycles. The second kappa shape index (κ2) is 8.31. The fraction of sp³-hybridized carbons (Fsp3) is 0.161. The molecule has 6 rings (SSSR count). The number of pyridine rings is 2. The summed E-state index contributed by atoms with van der Waals surface area (Å²) in [6.07, 6.45) is -2.86. The maximum atomic E-state index is 14.1. The van der Waals surface area contributed by atoms with E-state index in [9.17, 15) is 18.3 Å². The second-order valence-corrected chi connectivity index (χ2v) is 10.1. The van der Waals surface area contributed by atoms with E-state index >= 15 is 0 Å². The SMILES string of the molecule is Cc1ccnc(N2c3ccccc3C(C)(C)c3ccc(-c4cc(C(F)(F)F)c5cccc(O)c5n4)cc32)c1. The number of anilines is 3. The first kappa shape index (κ1) is 24.0. The number of hydrogen-bond donors (Lipinski definition) is 1. The van der Waals surface area contributed by atoms with Crippen LogP contribution in [0.1, 0.15) is 36.1 Å². The molecule has 5 aromatic rings. The predicted octanol–water partition coefficient (Wildman–Crippen LogP) is 8.44. The number of aromatic hydroxyl groups is 1. The number of phenolic OH excluding ortho intramolecular Hbond substituents is 1. The zero-order valence-corrected chi connectivity index (χ0v) is 21.0. The molecular weight excluding hydrogens is 487 g/mol. The quantitative estimate of drug-likeness (QED) is 0.258.